The van der Waals surface area contributed by atoms with Crippen molar-refractivity contribution >= 4 is 39.3 Å². The molecule has 1 fully saturated rings. The zero-order chi connectivity index (χ0) is 14.8. The van der Waals surface area contributed by atoms with E-state index in [1.165, 1.54) is 6.42 Å². The molecule has 0 saturated carbocycles. The Morgan fingerprint density at radius 1 is 1.45 bits per heavy atom. The molecule has 1 aromatic rings. The van der Waals surface area contributed by atoms with Gasteiger partial charge in [-0.05, 0) is 30.2 Å². The lowest BCUT2D eigenvalue weighted by Crippen LogP contribution is -2.36. The average Bonchev–Trinajstić information content (AvgIpc) is 2.56. The molecule has 0 bridgehead atoms. The normalized spacial score (nSPS) is 21.4. The van der Waals surface area contributed by atoms with Crippen molar-refractivity contribution in [3.63, 3.8) is 0 Å². The van der Waals surface area contributed by atoms with Crippen LogP contribution in [0.15, 0.2) is 22.7 Å². The average molecular weight is 378 g/mol. The van der Waals surface area contributed by atoms with Crippen molar-refractivity contribution in [2.75, 3.05) is 25.4 Å². The number of halogens is 2. The third-order valence-electron chi connectivity index (χ3n) is 3.85. The number of nitrogens with two attached hydrogens (primary N) is 1. The molecule has 2 N–H and O–H groups in total. The largest absolute Gasteiger partial charge is 0.329 e. The van der Waals surface area contributed by atoms with Crippen molar-refractivity contribution in [1.29, 1.82) is 0 Å². The minimum Gasteiger partial charge on any atom is -0.329 e. The Balaban J connectivity index is 2.21. The van der Waals surface area contributed by atoms with Crippen LogP contribution in [0.2, 0.25) is 5.02 Å². The van der Waals surface area contributed by atoms with Crippen LogP contribution in [0, 0.1) is 0 Å². The Morgan fingerprint density at radius 3 is 2.90 bits per heavy atom. The first-order valence-corrected chi connectivity index (χ1v) is 9.11. The maximum atomic E-state index is 6.38. The quantitative estimate of drug-likeness (QED) is 0.850. The summed E-state index contributed by atoms with van der Waals surface area (Å²) in [5, 5.41) is 0.805. The van der Waals surface area contributed by atoms with Crippen molar-refractivity contribution in [3.05, 3.63) is 33.3 Å². The van der Waals surface area contributed by atoms with Crippen LogP contribution in [0.25, 0.3) is 0 Å². The molecule has 1 aliphatic heterocycles. The van der Waals surface area contributed by atoms with E-state index in [4.69, 9.17) is 17.3 Å². The molecule has 1 atom stereocenters. The summed E-state index contributed by atoms with van der Waals surface area (Å²) >= 11 is 12.0. The minimum atomic E-state index is 0.203. The van der Waals surface area contributed by atoms with E-state index in [1.54, 1.807) is 0 Å². The van der Waals surface area contributed by atoms with Gasteiger partial charge in [0.2, 0.25) is 0 Å². The molecule has 1 aliphatic rings. The lowest BCUT2D eigenvalue weighted by Gasteiger charge is -2.31. The molecule has 1 saturated heterocycles. The highest BCUT2D eigenvalue weighted by atomic mass is 79.9. The molecule has 1 aromatic carbocycles. The SMILES string of the molecule is CC1(C)CCN(C(CN)c2cc(Br)ccc2Cl)CCS1. The zero-order valence-electron chi connectivity index (χ0n) is 12.0. The highest BCUT2D eigenvalue weighted by molar-refractivity contribution is 9.10. The summed E-state index contributed by atoms with van der Waals surface area (Å²) in [7, 11) is 0. The highest BCUT2D eigenvalue weighted by Crippen LogP contribution is 2.35. The molecular weight excluding hydrogens is 356 g/mol. The van der Waals surface area contributed by atoms with Crippen molar-refractivity contribution < 1.29 is 0 Å². The number of benzene rings is 1. The first-order valence-electron chi connectivity index (χ1n) is 6.96. The van der Waals surface area contributed by atoms with Crippen molar-refractivity contribution in [1.82, 2.24) is 4.90 Å². The van der Waals surface area contributed by atoms with Crippen LogP contribution in [0.5, 0.6) is 0 Å². The second kappa shape index (κ2) is 7.01. The lowest BCUT2D eigenvalue weighted by molar-refractivity contribution is 0.211. The van der Waals surface area contributed by atoms with E-state index >= 15 is 0 Å². The van der Waals surface area contributed by atoms with Gasteiger partial charge in [-0.3, -0.25) is 4.90 Å². The van der Waals surface area contributed by atoms with E-state index in [-0.39, 0.29) is 6.04 Å². The predicted octanol–water partition coefficient (Wildman–Crippen LogP) is 4.32. The predicted molar refractivity (Wildman–Crippen MR) is 93.7 cm³/mol. The fraction of sp³-hybridized carbons (Fsp3) is 0.600. The number of hydrogen-bond donors (Lipinski definition) is 1. The highest BCUT2D eigenvalue weighted by Gasteiger charge is 2.28. The third kappa shape index (κ3) is 4.14. The molecule has 20 heavy (non-hydrogen) atoms. The van der Waals surface area contributed by atoms with Gasteiger partial charge >= 0.3 is 0 Å². The van der Waals surface area contributed by atoms with Gasteiger partial charge in [-0.2, -0.15) is 11.8 Å². The Hall–Kier alpha value is 0.260. The van der Waals surface area contributed by atoms with Gasteiger partial charge in [0.05, 0.1) is 0 Å². The van der Waals surface area contributed by atoms with Crippen molar-refractivity contribution in [2.24, 2.45) is 5.73 Å². The van der Waals surface area contributed by atoms with E-state index in [0.29, 0.717) is 11.3 Å². The Bertz CT molecular complexity index is 467. The van der Waals surface area contributed by atoms with Gasteiger partial charge in [0.15, 0.2) is 0 Å². The molecule has 0 aliphatic carbocycles. The maximum Gasteiger partial charge on any atom is 0.0485 e. The molecule has 5 heteroatoms. The lowest BCUT2D eigenvalue weighted by atomic mass is 10.0. The summed E-state index contributed by atoms with van der Waals surface area (Å²) in [5.74, 6) is 1.15. The van der Waals surface area contributed by atoms with Gasteiger partial charge in [-0.25, -0.2) is 0 Å². The Labute approximate surface area is 139 Å². The van der Waals surface area contributed by atoms with Crippen LogP contribution in [-0.4, -0.2) is 35.0 Å². The van der Waals surface area contributed by atoms with Gasteiger partial charge in [0, 0.05) is 45.7 Å². The molecule has 0 aromatic heterocycles. The molecule has 0 amide bonds. The Morgan fingerprint density at radius 2 is 2.20 bits per heavy atom. The second-order valence-electron chi connectivity index (χ2n) is 5.81. The molecular formula is C15H22BrClN2S. The fourth-order valence-electron chi connectivity index (χ4n) is 2.59. The summed E-state index contributed by atoms with van der Waals surface area (Å²) in [6.07, 6.45) is 1.18. The molecule has 2 nitrogen and oxygen atoms in total. The molecule has 1 heterocycles. The van der Waals surface area contributed by atoms with Crippen LogP contribution < -0.4 is 5.73 Å². The van der Waals surface area contributed by atoms with Crippen LogP contribution in [-0.2, 0) is 0 Å². The van der Waals surface area contributed by atoms with E-state index in [2.05, 4.69) is 52.5 Å². The monoisotopic (exact) mass is 376 g/mol. The third-order valence-corrected chi connectivity index (χ3v) is 6.06. The number of rotatable bonds is 3. The summed E-state index contributed by atoms with van der Waals surface area (Å²) in [4.78, 5) is 2.48. The first kappa shape index (κ1) is 16.6. The van der Waals surface area contributed by atoms with Gasteiger partial charge in [0.25, 0.3) is 0 Å². The molecule has 2 rings (SSSR count). The van der Waals surface area contributed by atoms with E-state index in [1.807, 2.05) is 12.1 Å². The number of thioether (sulfide) groups is 1. The van der Waals surface area contributed by atoms with Gasteiger partial charge in [-0.1, -0.05) is 41.4 Å². The van der Waals surface area contributed by atoms with Crippen LogP contribution in [0.4, 0.5) is 0 Å². The standard InChI is InChI=1S/C15H22BrClN2S/c1-15(2)5-6-19(7-8-20-15)14(10-18)12-9-11(16)3-4-13(12)17/h3-4,9,14H,5-8,10,18H2,1-2H3. The van der Waals surface area contributed by atoms with Crippen molar-refractivity contribution in [2.45, 2.75) is 31.1 Å². The zero-order valence-corrected chi connectivity index (χ0v) is 15.2. The summed E-state index contributed by atoms with van der Waals surface area (Å²) in [5.41, 5.74) is 7.18. The molecule has 0 radical (unpaired) electrons. The van der Waals surface area contributed by atoms with Gasteiger partial charge in [-0.15, -0.1) is 0 Å². The minimum absolute atomic E-state index is 0.203. The van der Waals surface area contributed by atoms with Crippen LogP contribution >= 0.6 is 39.3 Å². The van der Waals surface area contributed by atoms with Crippen LogP contribution in [0.1, 0.15) is 31.9 Å². The van der Waals surface area contributed by atoms with E-state index in [0.717, 1.165) is 33.9 Å². The molecule has 1 unspecified atom stereocenters. The molecule has 112 valence electrons. The summed E-state index contributed by atoms with van der Waals surface area (Å²) < 4.78 is 1.41. The second-order valence-corrected chi connectivity index (χ2v) is 8.94. The molecule has 0 spiro atoms. The van der Waals surface area contributed by atoms with Crippen LogP contribution in [0.3, 0.4) is 0 Å². The topological polar surface area (TPSA) is 29.3 Å². The van der Waals surface area contributed by atoms with Crippen molar-refractivity contribution in [3.8, 4) is 0 Å². The van der Waals surface area contributed by atoms with E-state index in [9.17, 15) is 0 Å². The number of hydrogen-bond acceptors (Lipinski definition) is 3. The smallest absolute Gasteiger partial charge is 0.0485 e. The van der Waals surface area contributed by atoms with Gasteiger partial charge in [0.1, 0.15) is 0 Å². The number of nitrogens with zero attached hydrogens (tertiary/aromatic N) is 1. The first-order chi connectivity index (χ1) is 9.43. The summed E-state index contributed by atoms with van der Waals surface area (Å²) in [6.45, 7) is 7.39. The maximum absolute atomic E-state index is 6.38. The Kier molecular flexibility index (Phi) is 5.83. The summed E-state index contributed by atoms with van der Waals surface area (Å²) in [6, 6.07) is 6.22. The van der Waals surface area contributed by atoms with E-state index < -0.39 is 0 Å². The van der Waals surface area contributed by atoms with Gasteiger partial charge < -0.3 is 5.73 Å². The fourth-order valence-corrected chi connectivity index (χ4v) is 4.33.